The minimum atomic E-state index is -1.52. The van der Waals surface area contributed by atoms with Crippen molar-refractivity contribution in [1.29, 1.82) is 0 Å². The third kappa shape index (κ3) is 6.27. The van der Waals surface area contributed by atoms with Crippen LogP contribution in [-0.2, 0) is 19.7 Å². The van der Waals surface area contributed by atoms with E-state index < -0.39 is 67.0 Å². The van der Waals surface area contributed by atoms with E-state index in [9.17, 15) is 40.5 Å². The summed E-state index contributed by atoms with van der Waals surface area (Å²) in [6.45, 7) is 4.10. The minimum Gasteiger partial charge on any atom is -0.394 e. The molecule has 3 heterocycles. The van der Waals surface area contributed by atoms with Crippen molar-refractivity contribution in [2.24, 2.45) is 5.92 Å². The summed E-state index contributed by atoms with van der Waals surface area (Å²) in [7, 11) is 0. The van der Waals surface area contributed by atoms with Crippen LogP contribution >= 0.6 is 0 Å². The average Bonchev–Trinajstić information content (AvgIpc) is 3.35. The zero-order valence-corrected chi connectivity index (χ0v) is 27.0. The monoisotopic (exact) mass is 661 g/mol. The third-order valence-electron chi connectivity index (χ3n) is 10.1. The van der Waals surface area contributed by atoms with Crippen LogP contribution in [0, 0.1) is 29.6 Å². The lowest BCUT2D eigenvalue weighted by Crippen LogP contribution is -2.58. The molecule has 0 radical (unpaired) electrons. The molecule has 48 heavy (non-hydrogen) atoms. The number of hydrogen-bond donors (Lipinski definition) is 7. The zero-order valence-electron chi connectivity index (χ0n) is 27.0. The largest absolute Gasteiger partial charge is 0.394 e. The molecule has 8 unspecified atom stereocenters. The zero-order chi connectivity index (χ0) is 34.3. The summed E-state index contributed by atoms with van der Waals surface area (Å²) >= 11 is 0. The fraction of sp³-hybridized carbons (Fsp3) is 0.541. The number of rotatable bonds is 3. The SMILES string of the molecule is CC(C)C(=O)N1CCC2(CC1)c1cc(C#CC3OC(CO)CC(O)C3O)ccc1-c1ccc(C#CC3OC(CO)[C@@H](O)C(O)C3O)cc12. The number of hydrogen-bond acceptors (Lipinski definition) is 10. The van der Waals surface area contributed by atoms with E-state index in [4.69, 9.17) is 9.47 Å². The molecule has 0 bridgehead atoms. The first kappa shape index (κ1) is 34.5. The number of aliphatic hydroxyl groups excluding tert-OH is 7. The standard InChI is InChI=1S/C37H43NO10/c1-20(2)36(46)38-13-11-37(12-14-38)26-15-21(5-9-29-32(42)28(41)17-23(18-39)47-29)3-7-24(26)25-8-4-22(16-27(25)37)6-10-30-33(43)35(45)34(44)31(19-40)48-30/h3-4,7-8,15-16,20,23,28-35,39-45H,11-14,17-19H2,1-2H3/t23?,28?,29?,30?,31?,32?,33?,34-,35?/m1/s1. The number of amides is 1. The number of piperidine rings is 1. The molecule has 11 heteroatoms. The quantitative estimate of drug-likeness (QED) is 0.215. The second kappa shape index (κ2) is 13.9. The molecule has 7 N–H and O–H groups in total. The van der Waals surface area contributed by atoms with Gasteiger partial charge in [-0.2, -0.15) is 0 Å². The van der Waals surface area contributed by atoms with Crippen molar-refractivity contribution in [2.75, 3.05) is 26.3 Å². The van der Waals surface area contributed by atoms with Gasteiger partial charge in [-0.1, -0.05) is 49.7 Å². The molecule has 4 aliphatic rings. The van der Waals surface area contributed by atoms with Crippen LogP contribution in [-0.4, -0.2) is 128 Å². The first-order valence-electron chi connectivity index (χ1n) is 16.5. The Balaban J connectivity index is 1.34. The molecule has 2 aromatic rings. The highest BCUT2D eigenvalue weighted by Crippen LogP contribution is 2.54. The predicted octanol–water partition coefficient (Wildman–Crippen LogP) is -0.351. The maximum Gasteiger partial charge on any atom is 0.225 e. The van der Waals surface area contributed by atoms with E-state index in [1.54, 1.807) is 0 Å². The maximum atomic E-state index is 12.9. The Bertz CT molecular complexity index is 1640. The van der Waals surface area contributed by atoms with Crippen molar-refractivity contribution < 1.29 is 50.0 Å². The van der Waals surface area contributed by atoms with Crippen molar-refractivity contribution in [1.82, 2.24) is 4.90 Å². The number of ether oxygens (including phenoxy) is 2. The van der Waals surface area contributed by atoms with Crippen LogP contribution in [0.15, 0.2) is 36.4 Å². The Kier molecular flexibility index (Phi) is 9.99. The second-order valence-electron chi connectivity index (χ2n) is 13.5. The molecule has 1 amide bonds. The number of benzene rings is 2. The summed E-state index contributed by atoms with van der Waals surface area (Å²) in [5, 5.41) is 70.6. The fourth-order valence-electron chi connectivity index (χ4n) is 7.38. The van der Waals surface area contributed by atoms with Crippen LogP contribution in [0.1, 0.15) is 55.4 Å². The van der Waals surface area contributed by atoms with E-state index in [1.807, 2.05) is 55.1 Å². The third-order valence-corrected chi connectivity index (χ3v) is 10.1. The summed E-state index contributed by atoms with van der Waals surface area (Å²) < 4.78 is 11.3. The Morgan fingerprint density at radius 1 is 0.812 bits per heavy atom. The van der Waals surface area contributed by atoms with Crippen LogP contribution in [0.2, 0.25) is 0 Å². The molecule has 0 saturated carbocycles. The summed E-state index contributed by atoms with van der Waals surface area (Å²) in [4.78, 5) is 14.8. The molecular weight excluding hydrogens is 618 g/mol. The molecule has 0 aromatic heterocycles. The summed E-state index contributed by atoms with van der Waals surface area (Å²) in [6.07, 6.45) is -8.97. The van der Waals surface area contributed by atoms with Crippen molar-refractivity contribution in [3.05, 3.63) is 58.7 Å². The summed E-state index contributed by atoms with van der Waals surface area (Å²) in [5.74, 6) is 12.0. The first-order chi connectivity index (χ1) is 23.0. The maximum absolute atomic E-state index is 12.9. The van der Waals surface area contributed by atoms with Gasteiger partial charge in [-0.3, -0.25) is 4.79 Å². The molecule has 1 aliphatic carbocycles. The van der Waals surface area contributed by atoms with Crippen LogP contribution in [0.25, 0.3) is 11.1 Å². The van der Waals surface area contributed by atoms with Gasteiger partial charge in [0.05, 0.1) is 25.4 Å². The van der Waals surface area contributed by atoms with Crippen molar-refractivity contribution >= 4 is 5.91 Å². The molecule has 9 atom stereocenters. The number of carbonyl (C=O) groups is 1. The number of fused-ring (bicyclic) bond motifs is 5. The Hall–Kier alpha value is -3.33. The predicted molar refractivity (Wildman–Crippen MR) is 173 cm³/mol. The van der Waals surface area contributed by atoms with Gasteiger partial charge in [0.15, 0.2) is 0 Å². The molecule has 256 valence electrons. The Morgan fingerprint density at radius 2 is 1.38 bits per heavy atom. The highest BCUT2D eigenvalue weighted by atomic mass is 16.5. The number of nitrogens with zero attached hydrogens (tertiary/aromatic N) is 1. The lowest BCUT2D eigenvalue weighted by molar-refractivity contribution is -0.214. The van der Waals surface area contributed by atoms with Gasteiger partial charge < -0.3 is 50.1 Å². The van der Waals surface area contributed by atoms with Crippen molar-refractivity contribution in [2.45, 2.75) is 93.5 Å². The van der Waals surface area contributed by atoms with Gasteiger partial charge in [0.2, 0.25) is 5.91 Å². The number of aliphatic hydroxyl groups is 7. The molecule has 11 nitrogen and oxygen atoms in total. The van der Waals surface area contributed by atoms with E-state index in [1.165, 1.54) is 0 Å². The van der Waals surface area contributed by atoms with E-state index in [-0.39, 0.29) is 24.9 Å². The van der Waals surface area contributed by atoms with Gasteiger partial charge in [-0.05, 0) is 59.4 Å². The molecule has 3 aliphatic heterocycles. The molecule has 3 saturated heterocycles. The van der Waals surface area contributed by atoms with Gasteiger partial charge in [0, 0.05) is 42.0 Å². The van der Waals surface area contributed by atoms with E-state index in [0.717, 1.165) is 22.3 Å². The van der Waals surface area contributed by atoms with Crippen molar-refractivity contribution in [3.63, 3.8) is 0 Å². The lowest BCUT2D eigenvalue weighted by atomic mass is 9.70. The second-order valence-corrected chi connectivity index (χ2v) is 13.5. The minimum absolute atomic E-state index is 0.108. The van der Waals surface area contributed by atoms with Gasteiger partial charge in [0.1, 0.15) is 42.7 Å². The van der Waals surface area contributed by atoms with Gasteiger partial charge in [-0.25, -0.2) is 0 Å². The van der Waals surface area contributed by atoms with Crippen molar-refractivity contribution in [3.8, 4) is 34.8 Å². The van der Waals surface area contributed by atoms with Crippen LogP contribution in [0.5, 0.6) is 0 Å². The molecule has 3 fully saturated rings. The number of carbonyl (C=O) groups excluding carboxylic acids is 1. The average molecular weight is 662 g/mol. The fourth-order valence-corrected chi connectivity index (χ4v) is 7.38. The summed E-state index contributed by atoms with van der Waals surface area (Å²) in [6, 6.07) is 11.8. The highest BCUT2D eigenvalue weighted by Gasteiger charge is 2.46. The molecule has 1 spiro atoms. The van der Waals surface area contributed by atoms with E-state index >= 15 is 0 Å². The Labute approximate surface area is 279 Å². The molecule has 2 aromatic carbocycles. The number of likely N-dealkylation sites (tertiary alicyclic amines) is 1. The van der Waals surface area contributed by atoms with E-state index in [0.29, 0.717) is 37.1 Å². The van der Waals surface area contributed by atoms with Gasteiger partial charge >= 0.3 is 0 Å². The topological polar surface area (TPSA) is 180 Å². The van der Waals surface area contributed by atoms with Crippen LogP contribution < -0.4 is 0 Å². The van der Waals surface area contributed by atoms with Gasteiger partial charge in [-0.15, -0.1) is 0 Å². The smallest absolute Gasteiger partial charge is 0.225 e. The summed E-state index contributed by atoms with van der Waals surface area (Å²) in [5.41, 5.74) is 5.09. The lowest BCUT2D eigenvalue weighted by Gasteiger charge is -2.41. The molecule has 6 rings (SSSR count). The highest BCUT2D eigenvalue weighted by molar-refractivity contribution is 5.83. The first-order valence-corrected chi connectivity index (χ1v) is 16.5. The van der Waals surface area contributed by atoms with Crippen LogP contribution in [0.3, 0.4) is 0 Å². The van der Waals surface area contributed by atoms with E-state index in [2.05, 4.69) is 23.7 Å². The normalized spacial score (nSPS) is 32.1. The van der Waals surface area contributed by atoms with Gasteiger partial charge in [0.25, 0.3) is 0 Å². The Morgan fingerprint density at radius 3 is 1.90 bits per heavy atom. The van der Waals surface area contributed by atoms with Crippen LogP contribution in [0.4, 0.5) is 0 Å². The molecular formula is C37H43NO10.